The number of hydrogen-bond acceptors (Lipinski definition) is 4. The zero-order chi connectivity index (χ0) is 14.0. The fourth-order valence-corrected chi connectivity index (χ4v) is 1.65. The van der Waals surface area contributed by atoms with Crippen LogP contribution in [0.1, 0.15) is 46.2 Å². The zero-order valence-corrected chi connectivity index (χ0v) is 11.9. The van der Waals surface area contributed by atoms with E-state index in [-0.39, 0.29) is 22.6 Å². The molecule has 1 heterocycles. The first-order chi connectivity index (χ1) is 8.25. The van der Waals surface area contributed by atoms with Crippen molar-refractivity contribution in [1.82, 2.24) is 9.78 Å². The molecule has 0 spiro atoms. The number of anilines is 1. The van der Waals surface area contributed by atoms with Crippen LogP contribution >= 0.6 is 0 Å². The van der Waals surface area contributed by atoms with Crippen LogP contribution < -0.4 is 5.32 Å². The minimum Gasteiger partial charge on any atom is -0.362 e. The lowest BCUT2D eigenvalue weighted by Gasteiger charge is -2.18. The number of aryl methyl sites for hydroxylation is 1. The van der Waals surface area contributed by atoms with Gasteiger partial charge < -0.3 is 5.32 Å². The van der Waals surface area contributed by atoms with Crippen molar-refractivity contribution in [3.63, 3.8) is 0 Å². The molecule has 6 nitrogen and oxygen atoms in total. The van der Waals surface area contributed by atoms with E-state index in [1.807, 2.05) is 20.8 Å². The van der Waals surface area contributed by atoms with E-state index in [0.717, 1.165) is 0 Å². The van der Waals surface area contributed by atoms with Gasteiger partial charge in [0, 0.05) is 19.0 Å². The highest BCUT2D eigenvalue weighted by Crippen LogP contribution is 2.33. The first-order valence-electron chi connectivity index (χ1n) is 6.23. The standard InChI is InChI=1S/C12H22N4O2/c1-7(2)9(5)13-12-11(16(17)18)10(8(3)4)14-15(12)6/h7-9,13H,1-6H3. The highest BCUT2D eigenvalue weighted by Gasteiger charge is 2.29. The molecular weight excluding hydrogens is 232 g/mol. The molecule has 1 aromatic heterocycles. The highest BCUT2D eigenvalue weighted by atomic mass is 16.6. The second kappa shape index (κ2) is 5.37. The monoisotopic (exact) mass is 254 g/mol. The summed E-state index contributed by atoms with van der Waals surface area (Å²) in [5.41, 5.74) is 0.626. The Kier molecular flexibility index (Phi) is 4.32. The topological polar surface area (TPSA) is 73.0 Å². The molecule has 0 radical (unpaired) electrons. The van der Waals surface area contributed by atoms with E-state index in [1.165, 1.54) is 0 Å². The summed E-state index contributed by atoms with van der Waals surface area (Å²) in [6.45, 7) is 9.97. The molecule has 0 bridgehead atoms. The van der Waals surface area contributed by atoms with Crippen molar-refractivity contribution in [2.75, 3.05) is 5.32 Å². The predicted octanol–water partition coefficient (Wildman–Crippen LogP) is 2.91. The van der Waals surface area contributed by atoms with Gasteiger partial charge >= 0.3 is 5.69 Å². The summed E-state index contributed by atoms with van der Waals surface area (Å²) in [6.07, 6.45) is 0. The number of nitrogens with one attached hydrogen (secondary N) is 1. The van der Waals surface area contributed by atoms with Gasteiger partial charge in [0.05, 0.1) is 4.92 Å². The van der Waals surface area contributed by atoms with E-state index in [1.54, 1.807) is 11.7 Å². The van der Waals surface area contributed by atoms with Crippen LogP contribution in [0, 0.1) is 16.0 Å². The molecule has 0 saturated heterocycles. The molecule has 0 aliphatic heterocycles. The van der Waals surface area contributed by atoms with E-state index in [0.29, 0.717) is 17.4 Å². The summed E-state index contributed by atoms with van der Waals surface area (Å²) in [6, 6.07) is 0.152. The third-order valence-electron chi connectivity index (χ3n) is 3.14. The van der Waals surface area contributed by atoms with E-state index >= 15 is 0 Å². The quantitative estimate of drug-likeness (QED) is 0.647. The Bertz CT molecular complexity index is 438. The van der Waals surface area contributed by atoms with Gasteiger partial charge in [0.25, 0.3) is 0 Å². The van der Waals surface area contributed by atoms with Crippen molar-refractivity contribution in [2.45, 2.75) is 46.6 Å². The Morgan fingerprint density at radius 3 is 2.22 bits per heavy atom. The smallest absolute Gasteiger partial charge is 0.334 e. The summed E-state index contributed by atoms with van der Waals surface area (Å²) < 4.78 is 1.56. The Morgan fingerprint density at radius 1 is 1.28 bits per heavy atom. The lowest BCUT2D eigenvalue weighted by Crippen LogP contribution is -2.23. The molecule has 1 rings (SSSR count). The van der Waals surface area contributed by atoms with Crippen molar-refractivity contribution in [2.24, 2.45) is 13.0 Å². The third-order valence-corrected chi connectivity index (χ3v) is 3.14. The minimum atomic E-state index is -0.349. The lowest BCUT2D eigenvalue weighted by molar-refractivity contribution is -0.384. The fourth-order valence-electron chi connectivity index (χ4n) is 1.65. The molecule has 6 heteroatoms. The van der Waals surface area contributed by atoms with Crippen LogP contribution in [0.15, 0.2) is 0 Å². The zero-order valence-electron chi connectivity index (χ0n) is 11.9. The van der Waals surface area contributed by atoms with Crippen molar-refractivity contribution in [3.8, 4) is 0 Å². The largest absolute Gasteiger partial charge is 0.362 e. The molecule has 102 valence electrons. The van der Waals surface area contributed by atoms with Gasteiger partial charge in [0.1, 0.15) is 5.69 Å². The van der Waals surface area contributed by atoms with Crippen LogP contribution in [0.3, 0.4) is 0 Å². The van der Waals surface area contributed by atoms with Crippen molar-refractivity contribution >= 4 is 11.5 Å². The van der Waals surface area contributed by atoms with E-state index < -0.39 is 0 Å². The maximum Gasteiger partial charge on any atom is 0.334 e. The Morgan fingerprint density at radius 2 is 1.83 bits per heavy atom. The molecule has 1 unspecified atom stereocenters. The van der Waals surface area contributed by atoms with Gasteiger partial charge in [0.15, 0.2) is 0 Å². The third kappa shape index (κ3) is 2.80. The maximum absolute atomic E-state index is 11.2. The molecule has 18 heavy (non-hydrogen) atoms. The predicted molar refractivity (Wildman–Crippen MR) is 71.9 cm³/mol. The molecule has 1 atom stereocenters. The second-order valence-corrected chi connectivity index (χ2v) is 5.29. The molecule has 1 N–H and O–H groups in total. The molecule has 0 saturated carbocycles. The van der Waals surface area contributed by atoms with Gasteiger partial charge in [-0.25, -0.2) is 4.68 Å². The summed E-state index contributed by atoms with van der Waals surface area (Å²) in [7, 11) is 1.73. The molecule has 1 aromatic rings. The van der Waals surface area contributed by atoms with Crippen molar-refractivity contribution in [3.05, 3.63) is 15.8 Å². The Balaban J connectivity index is 3.22. The number of rotatable bonds is 5. The average Bonchev–Trinajstić information content (AvgIpc) is 2.56. The van der Waals surface area contributed by atoms with Gasteiger partial charge in [-0.2, -0.15) is 5.10 Å². The number of hydrogen-bond donors (Lipinski definition) is 1. The number of nitro groups is 1. The molecule has 0 amide bonds. The van der Waals surface area contributed by atoms with E-state index in [4.69, 9.17) is 0 Å². The molecule has 0 fully saturated rings. The van der Waals surface area contributed by atoms with Gasteiger partial charge in [-0.1, -0.05) is 27.7 Å². The number of aromatic nitrogens is 2. The van der Waals surface area contributed by atoms with Gasteiger partial charge in [-0.05, 0) is 12.8 Å². The van der Waals surface area contributed by atoms with Crippen LogP contribution in [-0.4, -0.2) is 20.7 Å². The summed E-state index contributed by atoms with van der Waals surface area (Å²) in [5, 5.41) is 18.7. The van der Waals surface area contributed by atoms with Crippen molar-refractivity contribution in [1.29, 1.82) is 0 Å². The van der Waals surface area contributed by atoms with E-state index in [9.17, 15) is 10.1 Å². The number of nitrogens with zero attached hydrogens (tertiary/aromatic N) is 3. The first-order valence-corrected chi connectivity index (χ1v) is 6.23. The Labute approximate surface area is 108 Å². The average molecular weight is 254 g/mol. The van der Waals surface area contributed by atoms with Crippen LogP contribution in [0.25, 0.3) is 0 Å². The SMILES string of the molecule is CC(C)c1nn(C)c(NC(C)C(C)C)c1[N+](=O)[O-]. The highest BCUT2D eigenvalue weighted by molar-refractivity contribution is 5.61. The molecule has 0 aliphatic carbocycles. The summed E-state index contributed by atoms with van der Waals surface area (Å²) in [5.74, 6) is 0.911. The Hall–Kier alpha value is -1.59. The van der Waals surface area contributed by atoms with Crippen LogP contribution in [0.4, 0.5) is 11.5 Å². The molecular formula is C12H22N4O2. The van der Waals surface area contributed by atoms with Gasteiger partial charge in [-0.3, -0.25) is 10.1 Å². The van der Waals surface area contributed by atoms with Crippen molar-refractivity contribution < 1.29 is 4.92 Å². The van der Waals surface area contributed by atoms with Gasteiger partial charge in [-0.15, -0.1) is 0 Å². The summed E-state index contributed by atoms with van der Waals surface area (Å²) >= 11 is 0. The summed E-state index contributed by atoms with van der Waals surface area (Å²) in [4.78, 5) is 10.9. The van der Waals surface area contributed by atoms with Crippen LogP contribution in [-0.2, 0) is 7.05 Å². The minimum absolute atomic E-state index is 0.0292. The second-order valence-electron chi connectivity index (χ2n) is 5.29. The van der Waals surface area contributed by atoms with Gasteiger partial charge in [0.2, 0.25) is 5.82 Å². The fraction of sp³-hybridized carbons (Fsp3) is 0.750. The maximum atomic E-state index is 11.2. The molecule has 0 aromatic carbocycles. The molecule has 0 aliphatic rings. The van der Waals surface area contributed by atoms with E-state index in [2.05, 4.69) is 24.3 Å². The lowest BCUT2D eigenvalue weighted by atomic mass is 10.1. The van der Waals surface area contributed by atoms with Crippen LogP contribution in [0.2, 0.25) is 0 Å². The van der Waals surface area contributed by atoms with Crippen LogP contribution in [0.5, 0.6) is 0 Å². The first kappa shape index (κ1) is 14.5. The normalized spacial score (nSPS) is 13.1.